The SMILES string of the molecule is N#Cc1ccc(/C=N/NC(=O)c2[nH]c(-c3ccccc3)cc2-c2ccccc2)cc1. The molecule has 30 heavy (non-hydrogen) atoms. The average Bonchev–Trinajstić information content (AvgIpc) is 3.26. The Balaban J connectivity index is 1.61. The lowest BCUT2D eigenvalue weighted by Crippen LogP contribution is -2.18. The van der Waals surface area contributed by atoms with Crippen LogP contribution in [0.3, 0.4) is 0 Å². The second-order valence-electron chi connectivity index (χ2n) is 6.64. The van der Waals surface area contributed by atoms with Crippen LogP contribution >= 0.6 is 0 Å². The van der Waals surface area contributed by atoms with Crippen LogP contribution in [-0.4, -0.2) is 17.1 Å². The molecule has 0 aliphatic heterocycles. The zero-order valence-corrected chi connectivity index (χ0v) is 16.0. The molecule has 2 N–H and O–H groups in total. The average molecular weight is 390 g/mol. The number of rotatable bonds is 5. The van der Waals surface area contributed by atoms with E-state index in [1.807, 2.05) is 66.7 Å². The van der Waals surface area contributed by atoms with Gasteiger partial charge in [0.05, 0.1) is 17.8 Å². The van der Waals surface area contributed by atoms with Gasteiger partial charge >= 0.3 is 0 Å². The Morgan fingerprint density at radius 1 is 0.900 bits per heavy atom. The molecule has 0 fully saturated rings. The van der Waals surface area contributed by atoms with Gasteiger partial charge in [-0.3, -0.25) is 4.79 Å². The summed E-state index contributed by atoms with van der Waals surface area (Å²) in [5, 5.41) is 12.9. The number of H-pyrrole nitrogens is 1. The molecule has 0 aliphatic rings. The lowest BCUT2D eigenvalue weighted by molar-refractivity contribution is 0.0951. The minimum absolute atomic E-state index is 0.332. The van der Waals surface area contributed by atoms with E-state index in [0.29, 0.717) is 11.3 Å². The summed E-state index contributed by atoms with van der Waals surface area (Å²) in [4.78, 5) is 16.1. The van der Waals surface area contributed by atoms with Crippen LogP contribution in [-0.2, 0) is 0 Å². The Hall–Kier alpha value is -4.43. The van der Waals surface area contributed by atoms with Gasteiger partial charge in [-0.1, -0.05) is 72.8 Å². The lowest BCUT2D eigenvalue weighted by atomic mass is 10.0. The third-order valence-corrected chi connectivity index (χ3v) is 4.63. The molecule has 4 aromatic rings. The van der Waals surface area contributed by atoms with E-state index in [-0.39, 0.29) is 5.91 Å². The molecule has 0 bridgehead atoms. The first-order chi connectivity index (χ1) is 14.7. The predicted molar refractivity (Wildman–Crippen MR) is 118 cm³/mol. The van der Waals surface area contributed by atoms with Crippen LogP contribution in [0.1, 0.15) is 21.6 Å². The summed E-state index contributed by atoms with van der Waals surface area (Å²) >= 11 is 0. The van der Waals surface area contributed by atoms with E-state index < -0.39 is 0 Å². The number of aromatic amines is 1. The van der Waals surface area contributed by atoms with Crippen LogP contribution in [0.15, 0.2) is 96.1 Å². The maximum atomic E-state index is 12.9. The monoisotopic (exact) mass is 390 g/mol. The first-order valence-corrected chi connectivity index (χ1v) is 9.42. The van der Waals surface area contributed by atoms with Crippen molar-refractivity contribution < 1.29 is 4.79 Å². The summed E-state index contributed by atoms with van der Waals surface area (Å²) in [6.07, 6.45) is 1.54. The van der Waals surface area contributed by atoms with E-state index in [1.165, 1.54) is 0 Å². The number of nitriles is 1. The Bertz CT molecular complexity index is 1220. The number of amides is 1. The van der Waals surface area contributed by atoms with Gasteiger partial charge < -0.3 is 4.98 Å². The second-order valence-corrected chi connectivity index (χ2v) is 6.64. The Labute approximate surface area is 174 Å². The van der Waals surface area contributed by atoms with Gasteiger partial charge in [-0.2, -0.15) is 10.4 Å². The maximum Gasteiger partial charge on any atom is 0.288 e. The van der Waals surface area contributed by atoms with Crippen molar-refractivity contribution in [1.82, 2.24) is 10.4 Å². The fraction of sp³-hybridized carbons (Fsp3) is 0. The molecule has 3 aromatic carbocycles. The summed E-state index contributed by atoms with van der Waals surface area (Å²) in [6, 6.07) is 30.6. The van der Waals surface area contributed by atoms with Crippen molar-refractivity contribution in [3.63, 3.8) is 0 Å². The largest absolute Gasteiger partial charge is 0.350 e. The van der Waals surface area contributed by atoms with Crippen molar-refractivity contribution in [2.24, 2.45) is 5.10 Å². The number of hydrazone groups is 1. The van der Waals surface area contributed by atoms with Gasteiger partial charge in [0.2, 0.25) is 0 Å². The molecule has 144 valence electrons. The third-order valence-electron chi connectivity index (χ3n) is 4.63. The van der Waals surface area contributed by atoms with Crippen molar-refractivity contribution in [3.05, 3.63) is 108 Å². The van der Waals surface area contributed by atoms with Crippen molar-refractivity contribution in [1.29, 1.82) is 5.26 Å². The Morgan fingerprint density at radius 2 is 1.53 bits per heavy atom. The van der Waals surface area contributed by atoms with Crippen LogP contribution in [0.2, 0.25) is 0 Å². The first-order valence-electron chi connectivity index (χ1n) is 9.42. The highest BCUT2D eigenvalue weighted by atomic mass is 16.2. The van der Waals surface area contributed by atoms with Crippen molar-refractivity contribution in [2.75, 3.05) is 0 Å². The molecule has 0 aliphatic carbocycles. The van der Waals surface area contributed by atoms with Crippen LogP contribution in [0.4, 0.5) is 0 Å². The van der Waals surface area contributed by atoms with E-state index in [9.17, 15) is 4.79 Å². The highest BCUT2D eigenvalue weighted by Gasteiger charge is 2.17. The smallest absolute Gasteiger partial charge is 0.288 e. The number of carbonyl (C=O) groups is 1. The summed E-state index contributed by atoms with van der Waals surface area (Å²) in [6.45, 7) is 0. The van der Waals surface area contributed by atoms with Gasteiger partial charge in [-0.05, 0) is 34.9 Å². The Kier molecular flexibility index (Phi) is 5.50. The van der Waals surface area contributed by atoms with Gasteiger partial charge in [-0.25, -0.2) is 5.43 Å². The fourth-order valence-electron chi connectivity index (χ4n) is 3.12. The molecular weight excluding hydrogens is 372 g/mol. The minimum atomic E-state index is -0.332. The van der Waals surface area contributed by atoms with Crippen LogP contribution < -0.4 is 5.43 Å². The van der Waals surface area contributed by atoms with E-state index in [2.05, 4.69) is 21.6 Å². The Morgan fingerprint density at radius 3 is 2.17 bits per heavy atom. The molecule has 1 amide bonds. The molecule has 1 aromatic heterocycles. The zero-order valence-electron chi connectivity index (χ0n) is 16.0. The standard InChI is InChI=1S/C25H18N4O/c26-16-18-11-13-19(14-12-18)17-27-29-25(30)24-22(20-7-3-1-4-8-20)15-23(28-24)21-9-5-2-6-10-21/h1-15,17,28H,(H,29,30)/b27-17+. The molecule has 0 radical (unpaired) electrons. The number of nitrogens with one attached hydrogen (secondary N) is 2. The molecular formula is C25H18N4O. The van der Waals surface area contributed by atoms with Crippen LogP contribution in [0, 0.1) is 11.3 Å². The molecule has 0 spiro atoms. The molecule has 5 heteroatoms. The first kappa shape index (κ1) is 18.9. The molecule has 0 atom stereocenters. The van der Waals surface area contributed by atoms with Gasteiger partial charge in [0, 0.05) is 11.3 Å². The van der Waals surface area contributed by atoms with Crippen molar-refractivity contribution >= 4 is 12.1 Å². The molecule has 1 heterocycles. The number of carbonyl (C=O) groups excluding carboxylic acids is 1. The topological polar surface area (TPSA) is 81.0 Å². The molecule has 0 unspecified atom stereocenters. The lowest BCUT2D eigenvalue weighted by Gasteiger charge is -2.03. The second kappa shape index (κ2) is 8.72. The van der Waals surface area contributed by atoms with Crippen molar-refractivity contribution in [3.8, 4) is 28.5 Å². The van der Waals surface area contributed by atoms with E-state index in [4.69, 9.17) is 5.26 Å². The highest BCUT2D eigenvalue weighted by molar-refractivity contribution is 6.01. The summed E-state index contributed by atoms with van der Waals surface area (Å²) < 4.78 is 0. The normalized spacial score (nSPS) is 10.6. The molecule has 5 nitrogen and oxygen atoms in total. The van der Waals surface area contributed by atoms with Crippen LogP contribution in [0.5, 0.6) is 0 Å². The van der Waals surface area contributed by atoms with E-state index >= 15 is 0 Å². The van der Waals surface area contributed by atoms with Gasteiger partial charge in [-0.15, -0.1) is 0 Å². The number of hydrogen-bond acceptors (Lipinski definition) is 3. The predicted octanol–water partition coefficient (Wildman–Crippen LogP) is 4.98. The minimum Gasteiger partial charge on any atom is -0.350 e. The number of nitrogens with zero attached hydrogens (tertiary/aromatic N) is 2. The third kappa shape index (κ3) is 4.18. The molecule has 0 saturated heterocycles. The quantitative estimate of drug-likeness (QED) is 0.372. The number of aromatic nitrogens is 1. The summed E-state index contributed by atoms with van der Waals surface area (Å²) in [7, 11) is 0. The van der Waals surface area contributed by atoms with Gasteiger partial charge in [0.1, 0.15) is 5.69 Å². The zero-order chi connectivity index (χ0) is 20.8. The summed E-state index contributed by atoms with van der Waals surface area (Å²) in [5.41, 5.74) is 7.99. The maximum absolute atomic E-state index is 12.9. The van der Waals surface area contributed by atoms with E-state index in [1.54, 1.807) is 30.5 Å². The van der Waals surface area contributed by atoms with Crippen molar-refractivity contribution in [2.45, 2.75) is 0 Å². The van der Waals surface area contributed by atoms with E-state index in [0.717, 1.165) is 27.9 Å². The molecule has 4 rings (SSSR count). The van der Waals surface area contributed by atoms with Gasteiger partial charge in [0.15, 0.2) is 0 Å². The summed E-state index contributed by atoms with van der Waals surface area (Å²) in [5.74, 6) is -0.332. The van der Waals surface area contributed by atoms with Crippen LogP contribution in [0.25, 0.3) is 22.4 Å². The number of benzene rings is 3. The number of hydrogen-bond donors (Lipinski definition) is 2. The molecule has 0 saturated carbocycles. The highest BCUT2D eigenvalue weighted by Crippen LogP contribution is 2.29. The van der Waals surface area contributed by atoms with Gasteiger partial charge in [0.25, 0.3) is 5.91 Å². The fourth-order valence-corrected chi connectivity index (χ4v) is 3.12.